The molecule has 142 valence electrons. The zero-order valence-electron chi connectivity index (χ0n) is 15.4. The topological polar surface area (TPSA) is 94.1 Å². The number of carbonyl (C=O) groups excluding carboxylic acids is 1. The Bertz CT molecular complexity index is 577. The number of amides is 1. The molecular formula is C17H28NO6P. The van der Waals surface area contributed by atoms with Crippen LogP contribution < -0.4 is 5.32 Å². The van der Waals surface area contributed by atoms with Crippen molar-refractivity contribution in [2.75, 3.05) is 13.2 Å². The van der Waals surface area contributed by atoms with Crippen LogP contribution in [0.15, 0.2) is 30.3 Å². The van der Waals surface area contributed by atoms with Crippen molar-refractivity contribution >= 4 is 13.7 Å². The van der Waals surface area contributed by atoms with E-state index in [1.54, 1.807) is 65.0 Å². The number of aliphatic hydroxyl groups excluding tert-OH is 1. The summed E-state index contributed by atoms with van der Waals surface area (Å²) in [6, 6.07) is 8.58. The smallest absolute Gasteiger partial charge is 0.408 e. The van der Waals surface area contributed by atoms with Gasteiger partial charge in [0.05, 0.1) is 13.2 Å². The largest absolute Gasteiger partial charge is 0.444 e. The number of carbonyl (C=O) groups is 1. The predicted octanol–water partition coefficient (Wildman–Crippen LogP) is 3.84. The average Bonchev–Trinajstić information content (AvgIpc) is 2.51. The van der Waals surface area contributed by atoms with Crippen molar-refractivity contribution in [2.45, 2.75) is 52.1 Å². The molecule has 0 aliphatic carbocycles. The fourth-order valence-corrected chi connectivity index (χ4v) is 4.05. The highest BCUT2D eigenvalue weighted by molar-refractivity contribution is 7.54. The third kappa shape index (κ3) is 6.78. The fraction of sp³-hybridized carbons (Fsp3) is 0.588. The second kappa shape index (κ2) is 9.34. The van der Waals surface area contributed by atoms with Crippen LogP contribution in [0.2, 0.25) is 0 Å². The molecule has 7 nitrogen and oxygen atoms in total. The maximum Gasteiger partial charge on any atom is 0.408 e. The minimum Gasteiger partial charge on any atom is -0.444 e. The number of hydrogen-bond donors (Lipinski definition) is 2. The van der Waals surface area contributed by atoms with Crippen molar-refractivity contribution in [3.05, 3.63) is 35.9 Å². The minimum atomic E-state index is -3.83. The standard InChI is InChI=1S/C17H28NO6P/c1-6-22-25(21,23-7-2)15(18-16(20)24-17(3,4)5)14(19)13-11-9-8-10-12-13/h8-12,14-15,19H,6-7H2,1-5H3,(H,18,20)/t14-,15+/m0/s1. The van der Waals surface area contributed by atoms with Gasteiger partial charge in [0.2, 0.25) is 0 Å². The summed E-state index contributed by atoms with van der Waals surface area (Å²) in [6.45, 7) is 8.65. The van der Waals surface area contributed by atoms with E-state index in [1.807, 2.05) is 0 Å². The number of ether oxygens (including phenoxy) is 1. The second-order valence-corrected chi connectivity index (χ2v) is 8.47. The highest BCUT2D eigenvalue weighted by atomic mass is 31.2. The van der Waals surface area contributed by atoms with E-state index in [2.05, 4.69) is 5.32 Å². The van der Waals surface area contributed by atoms with Crippen LogP contribution in [-0.4, -0.2) is 35.8 Å². The van der Waals surface area contributed by atoms with Gasteiger partial charge in [0.1, 0.15) is 11.7 Å². The van der Waals surface area contributed by atoms with Crippen LogP contribution >= 0.6 is 7.60 Å². The molecule has 0 aliphatic heterocycles. The number of rotatable bonds is 8. The van der Waals surface area contributed by atoms with Crippen LogP contribution in [0.4, 0.5) is 4.79 Å². The third-order valence-electron chi connectivity index (χ3n) is 3.06. The minimum absolute atomic E-state index is 0.102. The highest BCUT2D eigenvalue weighted by Gasteiger charge is 2.43. The maximum atomic E-state index is 13.2. The Hall–Kier alpha value is -1.40. The summed E-state index contributed by atoms with van der Waals surface area (Å²) in [7, 11) is -3.83. The lowest BCUT2D eigenvalue weighted by Gasteiger charge is -2.31. The van der Waals surface area contributed by atoms with Gasteiger partial charge in [-0.15, -0.1) is 0 Å². The molecule has 0 aromatic heterocycles. The molecule has 2 N–H and O–H groups in total. The van der Waals surface area contributed by atoms with Gasteiger partial charge in [0.15, 0.2) is 5.78 Å². The Morgan fingerprint density at radius 1 is 1.16 bits per heavy atom. The van der Waals surface area contributed by atoms with Crippen LogP contribution in [0.3, 0.4) is 0 Å². The van der Waals surface area contributed by atoms with Gasteiger partial charge < -0.3 is 24.2 Å². The summed E-state index contributed by atoms with van der Waals surface area (Å²) in [6.07, 6.45) is -2.11. The SMILES string of the molecule is CCOP(=O)(OCC)[C@@H](NC(=O)OC(C)(C)C)[C@@H](O)c1ccccc1. The van der Waals surface area contributed by atoms with Crippen LogP contribution in [0.1, 0.15) is 46.3 Å². The van der Waals surface area contributed by atoms with E-state index in [4.69, 9.17) is 13.8 Å². The predicted molar refractivity (Wildman–Crippen MR) is 95.4 cm³/mol. The van der Waals surface area contributed by atoms with Crippen LogP contribution in [0.25, 0.3) is 0 Å². The van der Waals surface area contributed by atoms with Crippen molar-refractivity contribution in [3.63, 3.8) is 0 Å². The number of nitrogens with one attached hydrogen (secondary N) is 1. The van der Waals surface area contributed by atoms with Crippen LogP contribution in [0, 0.1) is 0 Å². The highest BCUT2D eigenvalue weighted by Crippen LogP contribution is 2.55. The first-order valence-corrected chi connectivity index (χ1v) is 9.85. The molecule has 0 fully saturated rings. The first-order valence-electron chi connectivity index (χ1n) is 8.24. The normalized spacial score (nSPS) is 14.6. The van der Waals surface area contributed by atoms with Gasteiger partial charge in [-0.3, -0.25) is 4.57 Å². The average molecular weight is 373 g/mol. The van der Waals surface area contributed by atoms with Gasteiger partial charge in [-0.05, 0) is 40.2 Å². The molecular weight excluding hydrogens is 345 g/mol. The van der Waals surface area contributed by atoms with Crippen molar-refractivity contribution < 1.29 is 28.3 Å². The van der Waals surface area contributed by atoms with E-state index >= 15 is 0 Å². The lowest BCUT2D eigenvalue weighted by Crippen LogP contribution is -2.43. The van der Waals surface area contributed by atoms with Crippen molar-refractivity contribution in [1.29, 1.82) is 0 Å². The second-order valence-electron chi connectivity index (χ2n) is 6.32. The molecule has 1 rings (SSSR count). The summed E-state index contributed by atoms with van der Waals surface area (Å²) < 4.78 is 29.0. The van der Waals surface area contributed by atoms with Crippen LogP contribution in [0.5, 0.6) is 0 Å². The third-order valence-corrected chi connectivity index (χ3v) is 5.39. The Balaban J connectivity index is 3.16. The molecule has 1 aromatic rings. The number of benzene rings is 1. The number of hydrogen-bond acceptors (Lipinski definition) is 6. The lowest BCUT2D eigenvalue weighted by molar-refractivity contribution is 0.0442. The first-order chi connectivity index (χ1) is 11.6. The molecule has 8 heteroatoms. The molecule has 0 unspecified atom stereocenters. The van der Waals surface area contributed by atoms with Crippen molar-refractivity contribution in [1.82, 2.24) is 5.32 Å². The Labute approximate surface area is 149 Å². The summed E-state index contributed by atoms with van der Waals surface area (Å²) in [5.74, 6) is -1.30. The molecule has 0 spiro atoms. The lowest BCUT2D eigenvalue weighted by atomic mass is 10.1. The zero-order chi connectivity index (χ0) is 19.1. The van der Waals surface area contributed by atoms with Crippen molar-refractivity contribution in [2.24, 2.45) is 0 Å². The maximum absolute atomic E-state index is 13.2. The Morgan fingerprint density at radius 3 is 2.12 bits per heavy atom. The van der Waals surface area contributed by atoms with Gasteiger partial charge in [-0.2, -0.15) is 0 Å². The van der Waals surface area contributed by atoms with Gasteiger partial charge in [0, 0.05) is 0 Å². The molecule has 0 bridgehead atoms. The summed E-state index contributed by atoms with van der Waals surface area (Å²) in [5.41, 5.74) is -0.267. The molecule has 25 heavy (non-hydrogen) atoms. The van der Waals surface area contributed by atoms with E-state index in [0.29, 0.717) is 5.56 Å². The molecule has 1 amide bonds. The van der Waals surface area contributed by atoms with Gasteiger partial charge in [-0.1, -0.05) is 30.3 Å². The van der Waals surface area contributed by atoms with E-state index in [1.165, 1.54) is 0 Å². The van der Waals surface area contributed by atoms with Crippen molar-refractivity contribution in [3.8, 4) is 0 Å². The van der Waals surface area contributed by atoms with E-state index in [0.717, 1.165) is 0 Å². The summed E-state index contributed by atoms with van der Waals surface area (Å²) in [5, 5.41) is 13.2. The molecule has 1 aromatic carbocycles. The molecule has 0 saturated carbocycles. The Kier molecular flexibility index (Phi) is 8.09. The summed E-state index contributed by atoms with van der Waals surface area (Å²) >= 11 is 0. The molecule has 0 saturated heterocycles. The monoisotopic (exact) mass is 373 g/mol. The molecule has 0 heterocycles. The Morgan fingerprint density at radius 2 is 1.68 bits per heavy atom. The summed E-state index contributed by atoms with van der Waals surface area (Å²) in [4.78, 5) is 12.2. The fourth-order valence-electron chi connectivity index (χ4n) is 2.15. The first kappa shape index (κ1) is 21.6. The molecule has 2 atom stereocenters. The van der Waals surface area contributed by atoms with E-state index in [-0.39, 0.29) is 13.2 Å². The number of aliphatic hydroxyl groups is 1. The van der Waals surface area contributed by atoms with Gasteiger partial charge >= 0.3 is 13.7 Å². The molecule has 0 radical (unpaired) electrons. The zero-order valence-corrected chi connectivity index (χ0v) is 16.3. The quantitative estimate of drug-likeness (QED) is 0.673. The van der Waals surface area contributed by atoms with Crippen LogP contribution in [-0.2, 0) is 18.3 Å². The van der Waals surface area contributed by atoms with E-state index in [9.17, 15) is 14.5 Å². The number of alkyl carbamates (subject to hydrolysis) is 1. The van der Waals surface area contributed by atoms with E-state index < -0.39 is 31.2 Å². The van der Waals surface area contributed by atoms with Gasteiger partial charge in [-0.25, -0.2) is 4.79 Å². The van der Waals surface area contributed by atoms with Gasteiger partial charge in [0.25, 0.3) is 0 Å². The molecule has 0 aliphatic rings.